The molecule has 1 aliphatic rings. The van der Waals surface area contributed by atoms with Crippen molar-refractivity contribution < 1.29 is 14.0 Å². The molecule has 0 fully saturated rings. The highest BCUT2D eigenvalue weighted by Crippen LogP contribution is 2.38. The van der Waals surface area contributed by atoms with Crippen LogP contribution in [0.1, 0.15) is 35.6 Å². The average molecular weight is 473 g/mol. The van der Waals surface area contributed by atoms with Gasteiger partial charge in [-0.2, -0.15) is 0 Å². The zero-order valence-electron chi connectivity index (χ0n) is 20.1. The molecule has 4 rings (SSSR count). The lowest BCUT2D eigenvalue weighted by Gasteiger charge is -2.17. The highest BCUT2D eigenvalue weighted by atomic mass is 19.1. The Morgan fingerprint density at radius 1 is 1.00 bits per heavy atom. The van der Waals surface area contributed by atoms with E-state index in [0.29, 0.717) is 35.5 Å². The third-order valence-electron chi connectivity index (χ3n) is 5.72. The van der Waals surface area contributed by atoms with Crippen LogP contribution in [0.2, 0.25) is 0 Å². The number of rotatable bonds is 8. The number of amides is 2. The second-order valence-electron chi connectivity index (χ2n) is 8.78. The number of nitrogens with zero attached hydrogens (tertiary/aromatic N) is 1. The summed E-state index contributed by atoms with van der Waals surface area (Å²) >= 11 is 0. The molecule has 0 bridgehead atoms. The van der Waals surface area contributed by atoms with Gasteiger partial charge in [-0.25, -0.2) is 4.39 Å². The van der Waals surface area contributed by atoms with Gasteiger partial charge in [0.2, 0.25) is 5.91 Å². The monoisotopic (exact) mass is 472 g/mol. The van der Waals surface area contributed by atoms with E-state index in [1.807, 2.05) is 62.6 Å². The van der Waals surface area contributed by atoms with Crippen molar-refractivity contribution in [1.29, 1.82) is 0 Å². The second kappa shape index (κ2) is 10.5. The van der Waals surface area contributed by atoms with Crippen LogP contribution in [0.15, 0.2) is 66.7 Å². The summed E-state index contributed by atoms with van der Waals surface area (Å²) in [5.41, 5.74) is 5.80. The summed E-state index contributed by atoms with van der Waals surface area (Å²) in [4.78, 5) is 26.9. The first-order chi connectivity index (χ1) is 16.8. The Hall–Kier alpha value is -3.97. The number of hydrogen-bond donors (Lipinski definition) is 3. The molecule has 0 aliphatic carbocycles. The van der Waals surface area contributed by atoms with Gasteiger partial charge in [-0.05, 0) is 67.2 Å². The molecule has 0 saturated heterocycles. The number of fused-ring (bicyclic) bond motifs is 1. The molecule has 1 aliphatic heterocycles. The van der Waals surface area contributed by atoms with E-state index in [-0.39, 0.29) is 11.8 Å². The molecule has 0 atom stereocenters. The van der Waals surface area contributed by atoms with E-state index in [9.17, 15) is 14.0 Å². The van der Waals surface area contributed by atoms with Crippen molar-refractivity contribution in [3.8, 4) is 0 Å². The van der Waals surface area contributed by atoms with Crippen molar-refractivity contribution in [3.63, 3.8) is 0 Å². The molecule has 0 aromatic heterocycles. The van der Waals surface area contributed by atoms with Gasteiger partial charge in [-0.1, -0.05) is 37.3 Å². The lowest BCUT2D eigenvalue weighted by molar-refractivity contribution is -0.121. The van der Waals surface area contributed by atoms with Gasteiger partial charge in [0.15, 0.2) is 0 Å². The number of carbonyl (C=O) groups excluding carboxylic acids is 2. The molecule has 180 valence electrons. The van der Waals surface area contributed by atoms with E-state index in [4.69, 9.17) is 0 Å². The number of benzene rings is 3. The van der Waals surface area contributed by atoms with Crippen LogP contribution in [0, 0.1) is 5.82 Å². The van der Waals surface area contributed by atoms with Crippen molar-refractivity contribution in [2.75, 3.05) is 24.7 Å². The van der Waals surface area contributed by atoms with Gasteiger partial charge in [0.1, 0.15) is 5.82 Å². The molecule has 3 N–H and O–H groups in total. The number of anilines is 2. The Morgan fingerprint density at radius 2 is 1.77 bits per heavy atom. The number of carbonyl (C=O) groups is 2. The van der Waals surface area contributed by atoms with E-state index < -0.39 is 5.82 Å². The fourth-order valence-electron chi connectivity index (χ4n) is 4.04. The molecule has 0 saturated carbocycles. The van der Waals surface area contributed by atoms with Gasteiger partial charge < -0.3 is 20.9 Å². The van der Waals surface area contributed by atoms with Gasteiger partial charge >= 0.3 is 0 Å². The Kier molecular flexibility index (Phi) is 7.27. The first-order valence-electron chi connectivity index (χ1n) is 11.6. The van der Waals surface area contributed by atoms with Gasteiger partial charge in [0, 0.05) is 30.8 Å². The fraction of sp³-hybridized carbons (Fsp3) is 0.214. The molecular weight excluding hydrogens is 443 g/mol. The summed E-state index contributed by atoms with van der Waals surface area (Å²) in [6, 6.07) is 20.0. The molecule has 0 spiro atoms. The highest BCUT2D eigenvalue weighted by Gasteiger charge is 2.29. The topological polar surface area (TPSA) is 73.5 Å². The Labute approximate surface area is 204 Å². The summed E-state index contributed by atoms with van der Waals surface area (Å²) < 4.78 is 13.8. The van der Waals surface area contributed by atoms with Crippen molar-refractivity contribution >= 4 is 34.5 Å². The molecule has 2 amide bonds. The second-order valence-corrected chi connectivity index (χ2v) is 8.78. The Balaban J connectivity index is 1.76. The molecule has 1 heterocycles. The Bertz CT molecular complexity index is 1280. The maximum atomic E-state index is 13.8. The zero-order valence-corrected chi connectivity index (χ0v) is 20.1. The van der Waals surface area contributed by atoms with Crippen molar-refractivity contribution in [2.45, 2.75) is 26.4 Å². The zero-order chi connectivity index (χ0) is 24.9. The lowest BCUT2D eigenvalue weighted by atomic mass is 9.98. The number of hydrogen-bond acceptors (Lipinski definition) is 4. The SMILES string of the molecule is CCC(=O)NCc1cccc(C(Nc2ccc(CN(C)C)cc2)=C2C(=O)Nc3cc(F)ccc32)c1. The maximum absolute atomic E-state index is 13.8. The van der Waals surface area contributed by atoms with E-state index in [1.54, 1.807) is 13.0 Å². The fourth-order valence-corrected chi connectivity index (χ4v) is 4.04. The van der Waals surface area contributed by atoms with Crippen LogP contribution in [0.5, 0.6) is 0 Å². The van der Waals surface area contributed by atoms with E-state index >= 15 is 0 Å². The standard InChI is InChI=1S/C28H29FN4O2/c1-4-25(34)30-16-19-6-5-7-20(14-19)27(31-22-11-8-18(9-12-22)17-33(2)3)26-23-13-10-21(29)15-24(23)32-28(26)35/h5-15,31H,4,16-17H2,1-3H3,(H,30,34)(H,32,35). The molecular formula is C28H29FN4O2. The third kappa shape index (κ3) is 5.75. The van der Waals surface area contributed by atoms with Crippen LogP contribution in [-0.4, -0.2) is 30.8 Å². The highest BCUT2D eigenvalue weighted by molar-refractivity contribution is 6.37. The van der Waals surface area contributed by atoms with Crippen LogP contribution >= 0.6 is 0 Å². The van der Waals surface area contributed by atoms with Crippen LogP contribution in [0.4, 0.5) is 15.8 Å². The minimum atomic E-state index is -0.412. The van der Waals surface area contributed by atoms with Gasteiger partial charge in [-0.15, -0.1) is 0 Å². The number of nitrogens with one attached hydrogen (secondary N) is 3. The molecule has 35 heavy (non-hydrogen) atoms. The molecule has 3 aromatic carbocycles. The predicted octanol–water partition coefficient (Wildman–Crippen LogP) is 4.85. The average Bonchev–Trinajstić information content (AvgIpc) is 3.16. The van der Waals surface area contributed by atoms with Crippen LogP contribution in [-0.2, 0) is 22.7 Å². The van der Waals surface area contributed by atoms with Crippen molar-refractivity contribution in [3.05, 3.63) is 94.8 Å². The van der Waals surface area contributed by atoms with Gasteiger partial charge in [0.25, 0.3) is 5.91 Å². The summed E-state index contributed by atoms with van der Waals surface area (Å²) in [7, 11) is 4.03. The third-order valence-corrected chi connectivity index (χ3v) is 5.72. The first kappa shape index (κ1) is 24.2. The molecule has 7 heteroatoms. The van der Waals surface area contributed by atoms with Crippen LogP contribution in [0.25, 0.3) is 11.3 Å². The van der Waals surface area contributed by atoms with Gasteiger partial charge in [-0.3, -0.25) is 9.59 Å². The van der Waals surface area contributed by atoms with Gasteiger partial charge in [0.05, 0.1) is 17.0 Å². The predicted molar refractivity (Wildman–Crippen MR) is 138 cm³/mol. The smallest absolute Gasteiger partial charge is 0.258 e. The molecule has 0 unspecified atom stereocenters. The minimum absolute atomic E-state index is 0.0314. The van der Waals surface area contributed by atoms with E-state index in [0.717, 1.165) is 23.4 Å². The lowest BCUT2D eigenvalue weighted by Crippen LogP contribution is -2.21. The summed E-state index contributed by atoms with van der Waals surface area (Å²) in [5, 5.41) is 9.10. The Morgan fingerprint density at radius 3 is 2.49 bits per heavy atom. The molecule has 3 aromatic rings. The molecule has 0 radical (unpaired) electrons. The minimum Gasteiger partial charge on any atom is -0.354 e. The summed E-state index contributed by atoms with van der Waals surface area (Å²) in [6.07, 6.45) is 0.411. The van der Waals surface area contributed by atoms with Crippen molar-refractivity contribution in [1.82, 2.24) is 10.2 Å². The van der Waals surface area contributed by atoms with E-state index in [2.05, 4.69) is 20.9 Å². The summed E-state index contributed by atoms with van der Waals surface area (Å²) in [6.45, 7) is 3.01. The summed E-state index contributed by atoms with van der Waals surface area (Å²) in [5.74, 6) is -0.747. The van der Waals surface area contributed by atoms with Crippen LogP contribution < -0.4 is 16.0 Å². The molecule has 6 nitrogen and oxygen atoms in total. The van der Waals surface area contributed by atoms with Crippen molar-refractivity contribution in [2.24, 2.45) is 0 Å². The van der Waals surface area contributed by atoms with E-state index in [1.165, 1.54) is 17.7 Å². The van der Waals surface area contributed by atoms with Crippen LogP contribution in [0.3, 0.4) is 0 Å². The largest absolute Gasteiger partial charge is 0.354 e. The quantitative estimate of drug-likeness (QED) is 0.410. The number of halogens is 1. The maximum Gasteiger partial charge on any atom is 0.258 e. The first-order valence-corrected chi connectivity index (χ1v) is 11.6. The normalized spacial score (nSPS) is 13.9.